The molecule has 109 heavy (non-hydrogen) atoms. The van der Waals surface area contributed by atoms with Crippen molar-refractivity contribution in [2.24, 2.45) is 0 Å². The lowest BCUT2D eigenvalue weighted by atomic mass is 10.1. The van der Waals surface area contributed by atoms with Crippen molar-refractivity contribution in [3.05, 3.63) is 194 Å². The van der Waals surface area contributed by atoms with Gasteiger partial charge in [0.05, 0.1) is 26.4 Å². The molecular weight excluding hydrogens is 1410 g/mol. The molecule has 0 amide bonds. The molecule has 5 atom stereocenters. The maximum absolute atomic E-state index is 13.0. The lowest BCUT2D eigenvalue weighted by Crippen LogP contribution is -2.30. The minimum Gasteiger partial charge on any atom is -0.463 e. The summed E-state index contributed by atoms with van der Waals surface area (Å²) in [4.78, 5) is 58.8. The van der Waals surface area contributed by atoms with Crippen LogP contribution in [0.5, 0.6) is 0 Å². The highest BCUT2D eigenvalue weighted by Crippen LogP contribution is 2.45. The van der Waals surface area contributed by atoms with Crippen molar-refractivity contribution in [3.8, 4) is 0 Å². The Morgan fingerprint density at radius 1 is 0.266 bits per heavy atom. The van der Waals surface area contributed by atoms with Gasteiger partial charge in [-0.25, -0.2) is 9.13 Å². The molecule has 0 radical (unpaired) electrons. The number of phosphoric acid groups is 2. The van der Waals surface area contributed by atoms with Gasteiger partial charge in [0.2, 0.25) is 0 Å². The highest BCUT2D eigenvalue weighted by atomic mass is 31.2. The molecule has 0 spiro atoms. The van der Waals surface area contributed by atoms with Gasteiger partial charge in [-0.3, -0.25) is 32.5 Å². The van der Waals surface area contributed by atoms with Crippen molar-refractivity contribution in [1.29, 1.82) is 0 Å². The molecule has 0 saturated heterocycles. The van der Waals surface area contributed by atoms with Crippen LogP contribution in [0.1, 0.15) is 303 Å². The maximum Gasteiger partial charge on any atom is 0.472 e. The van der Waals surface area contributed by atoms with E-state index in [2.05, 4.69) is 215 Å². The highest BCUT2D eigenvalue weighted by molar-refractivity contribution is 7.47. The Morgan fingerprint density at radius 2 is 0.486 bits per heavy atom. The van der Waals surface area contributed by atoms with E-state index in [1.807, 2.05) is 0 Å². The topological polar surface area (TPSA) is 231 Å². The van der Waals surface area contributed by atoms with Crippen molar-refractivity contribution < 1.29 is 75.8 Å². The molecule has 0 aliphatic rings. The summed E-state index contributed by atoms with van der Waals surface area (Å²) in [7, 11) is -9.83. The number of hydrogen-bond acceptors (Lipinski definition) is 14. The van der Waals surface area contributed by atoms with Crippen LogP contribution in [0.4, 0.5) is 0 Å². The zero-order valence-electron chi connectivity index (χ0n) is 67.6. The lowest BCUT2D eigenvalue weighted by molar-refractivity contribution is -0.161. The molecule has 0 rings (SSSR count). The molecule has 0 aromatic rings. The van der Waals surface area contributed by atoms with Crippen LogP contribution in [0, 0.1) is 0 Å². The minimum absolute atomic E-state index is 0.0698. The molecule has 618 valence electrons. The van der Waals surface area contributed by atoms with E-state index in [0.717, 1.165) is 193 Å². The van der Waals surface area contributed by atoms with Gasteiger partial charge in [0, 0.05) is 19.3 Å². The third-order valence-electron chi connectivity index (χ3n) is 16.8. The second-order valence-corrected chi connectivity index (χ2v) is 30.1. The number of allylic oxidation sites excluding steroid dienone is 32. The first-order valence-electron chi connectivity index (χ1n) is 41.7. The van der Waals surface area contributed by atoms with Gasteiger partial charge in [-0.1, -0.05) is 312 Å². The minimum atomic E-state index is -4.96. The Kier molecular flexibility index (Phi) is 77.7. The molecule has 16 nitrogen and oxygen atoms in total. The van der Waals surface area contributed by atoms with Gasteiger partial charge in [-0.2, -0.15) is 0 Å². The Balaban J connectivity index is 4.70. The fraction of sp³-hybridized carbons (Fsp3) is 0.615. The highest BCUT2D eigenvalue weighted by Gasteiger charge is 2.29. The molecule has 0 aliphatic carbocycles. The van der Waals surface area contributed by atoms with E-state index < -0.39 is 91.5 Å². The summed E-state index contributed by atoms with van der Waals surface area (Å²) in [6.07, 6.45) is 107. The molecule has 0 aromatic heterocycles. The molecule has 0 saturated carbocycles. The van der Waals surface area contributed by atoms with E-state index in [4.69, 9.17) is 32.3 Å². The van der Waals surface area contributed by atoms with Gasteiger partial charge in [0.25, 0.3) is 0 Å². The van der Waals surface area contributed by atoms with E-state index in [1.54, 1.807) is 0 Å². The van der Waals surface area contributed by atoms with E-state index >= 15 is 0 Å². The van der Waals surface area contributed by atoms with E-state index in [-0.39, 0.29) is 19.3 Å². The van der Waals surface area contributed by atoms with Crippen LogP contribution in [0.15, 0.2) is 194 Å². The predicted octanol–water partition coefficient (Wildman–Crippen LogP) is 25.1. The van der Waals surface area contributed by atoms with Crippen LogP contribution in [0.2, 0.25) is 0 Å². The second-order valence-electron chi connectivity index (χ2n) is 27.2. The zero-order valence-corrected chi connectivity index (χ0v) is 69.4. The van der Waals surface area contributed by atoms with E-state index in [1.165, 1.54) is 51.4 Å². The number of phosphoric ester groups is 2. The van der Waals surface area contributed by atoms with E-state index in [0.29, 0.717) is 19.3 Å². The molecule has 0 bridgehead atoms. The van der Waals surface area contributed by atoms with Crippen molar-refractivity contribution >= 4 is 33.6 Å². The number of carbonyl (C=O) groups is 3. The number of hydrogen-bond donors (Lipinski definition) is 4. The Morgan fingerprint density at radius 3 is 0.771 bits per heavy atom. The first-order chi connectivity index (χ1) is 53.2. The number of ether oxygens (including phenoxy) is 3. The van der Waals surface area contributed by atoms with Gasteiger partial charge >= 0.3 is 33.6 Å². The third kappa shape index (κ3) is 83.2. The molecule has 5 unspecified atom stereocenters. The van der Waals surface area contributed by atoms with Crippen LogP contribution in [-0.4, -0.2) is 95.9 Å². The fourth-order valence-corrected chi connectivity index (χ4v) is 12.1. The first kappa shape index (κ1) is 103. The summed E-state index contributed by atoms with van der Waals surface area (Å²) < 4.78 is 61.3. The SMILES string of the molecule is CC/C=C\C/C=C\C/C=C\C/C=C\C/C=C\C/C=C\CCCCCCCCCCCCC(=O)OCC(O)COP(=O)(O)OCC(O)COP(=O)(O)OCC(COC(=O)CCCCCC/C=C\C/C=C\C/C=C\C/C=C\C/C=C\C/C=C\CC)OC(=O)CCCCCCC/C=C\C/C=C\C/C=C\C/C=C\CCCCC. The normalized spacial score (nSPS) is 14.9. The van der Waals surface area contributed by atoms with Crippen molar-refractivity contribution in [2.75, 3.05) is 39.6 Å². The van der Waals surface area contributed by atoms with Crippen molar-refractivity contribution in [2.45, 2.75) is 322 Å². The van der Waals surface area contributed by atoms with Crippen LogP contribution in [0.25, 0.3) is 0 Å². The second kappa shape index (κ2) is 81.9. The molecule has 0 heterocycles. The number of unbranched alkanes of at least 4 members (excludes halogenated alkanes) is 22. The zero-order chi connectivity index (χ0) is 79.4. The standard InChI is InChI=1S/C91H148O16P2/c1-4-7-10-13-16-19-22-25-28-31-34-37-39-40-41-42-43-44-46-49-50-53-56-59-62-65-68-71-74-77-89(94)101-80-86(92)81-103-108(97,98)104-82-87(93)83-105-109(99,100)106-85-88(107-91(96)79-76-73-70-67-64-61-58-55-52-47-36-33-30-27-24-21-18-15-12-9-6-3)84-102-90(95)78-75-72-69-66-63-60-57-54-51-48-45-38-35-32-29-26-23-20-17-14-11-8-5-2/h7-8,10-11,16-21,25-30,34-38,40-41,43-44,47-48,51,55,57-58,60,86-88,92-93H,4-6,9,12-15,22-24,31-33,39,42,45-46,49-50,52-54,56,59,61-85H2,1-3H3,(H,97,98)(H,99,100)/b10-7-,11-8-,19-16-,20-17-,21-18-,28-25-,29-26-,30-27-,37-34-,38-35-,41-40-,44-43-,47-36-,51-48-,58-55-,60-57-. The summed E-state index contributed by atoms with van der Waals surface area (Å²) in [6.45, 7) is 2.36. The molecule has 0 aromatic carbocycles. The Bertz CT molecular complexity index is 2760. The predicted molar refractivity (Wildman–Crippen MR) is 454 cm³/mol. The largest absolute Gasteiger partial charge is 0.472 e. The average molecular weight is 1560 g/mol. The molecule has 4 N–H and O–H groups in total. The van der Waals surface area contributed by atoms with Gasteiger partial charge in [0.15, 0.2) is 6.10 Å². The molecular formula is C91H148O16P2. The van der Waals surface area contributed by atoms with Gasteiger partial charge in [-0.15, -0.1) is 0 Å². The summed E-state index contributed by atoms with van der Waals surface area (Å²) in [5.74, 6) is -1.64. The first-order valence-corrected chi connectivity index (χ1v) is 44.7. The monoisotopic (exact) mass is 1560 g/mol. The van der Waals surface area contributed by atoms with E-state index in [9.17, 15) is 43.5 Å². The molecule has 18 heteroatoms. The van der Waals surface area contributed by atoms with Crippen LogP contribution in [-0.2, 0) is 55.8 Å². The fourth-order valence-electron chi connectivity index (χ4n) is 10.5. The number of esters is 3. The lowest BCUT2D eigenvalue weighted by Gasteiger charge is -2.21. The Labute approximate surface area is 661 Å². The number of rotatable bonds is 77. The smallest absolute Gasteiger partial charge is 0.463 e. The van der Waals surface area contributed by atoms with Gasteiger partial charge in [-0.05, 0) is 167 Å². The molecule has 0 aliphatic heterocycles. The summed E-state index contributed by atoms with van der Waals surface area (Å²) in [6, 6.07) is 0. The average Bonchev–Trinajstić information content (AvgIpc) is 0.905. The van der Waals surface area contributed by atoms with Gasteiger partial charge < -0.3 is 34.2 Å². The number of aliphatic hydroxyl groups is 2. The Hall–Kier alpha value is -5.61. The number of carbonyl (C=O) groups excluding carboxylic acids is 3. The third-order valence-corrected chi connectivity index (χ3v) is 18.7. The van der Waals surface area contributed by atoms with Crippen LogP contribution in [0.3, 0.4) is 0 Å². The summed E-state index contributed by atoms with van der Waals surface area (Å²) in [5.41, 5.74) is 0. The quantitative estimate of drug-likeness (QED) is 0.0146. The maximum atomic E-state index is 13.0. The van der Waals surface area contributed by atoms with Crippen molar-refractivity contribution in [3.63, 3.8) is 0 Å². The summed E-state index contributed by atoms with van der Waals surface area (Å²) in [5, 5.41) is 20.7. The van der Waals surface area contributed by atoms with Crippen molar-refractivity contribution in [1.82, 2.24) is 0 Å². The van der Waals surface area contributed by atoms with Crippen LogP contribution >= 0.6 is 15.6 Å². The number of aliphatic hydroxyl groups excluding tert-OH is 2. The van der Waals surface area contributed by atoms with Gasteiger partial charge in [0.1, 0.15) is 25.4 Å². The van der Waals surface area contributed by atoms with Crippen LogP contribution < -0.4 is 0 Å². The molecule has 0 fully saturated rings. The summed E-state index contributed by atoms with van der Waals surface area (Å²) >= 11 is 0.